The summed E-state index contributed by atoms with van der Waals surface area (Å²) in [6.45, 7) is 4.25. The largest absolute Gasteiger partial charge is 0.375 e. The van der Waals surface area contributed by atoms with Gasteiger partial charge in [0.2, 0.25) is 0 Å². The van der Waals surface area contributed by atoms with Gasteiger partial charge >= 0.3 is 0 Å². The minimum Gasteiger partial charge on any atom is -0.375 e. The van der Waals surface area contributed by atoms with Gasteiger partial charge in [-0.3, -0.25) is 4.68 Å². The molecular formula is C14H16F3N3. The molecule has 2 rings (SSSR count). The van der Waals surface area contributed by atoms with Crippen molar-refractivity contribution in [2.75, 3.05) is 5.32 Å². The molecule has 0 aliphatic carbocycles. The first kappa shape index (κ1) is 14.4. The number of hydrogen-bond acceptors (Lipinski definition) is 2. The molecule has 108 valence electrons. The molecule has 0 radical (unpaired) electrons. The lowest BCUT2D eigenvalue weighted by Crippen LogP contribution is -2.08. The second-order valence-electron chi connectivity index (χ2n) is 4.64. The number of anilines is 1. The summed E-state index contributed by atoms with van der Waals surface area (Å²) < 4.78 is 41.4. The van der Waals surface area contributed by atoms with Crippen LogP contribution in [-0.4, -0.2) is 9.78 Å². The summed E-state index contributed by atoms with van der Waals surface area (Å²) in [6, 6.07) is 3.33. The maximum Gasteiger partial charge on any atom is 0.152 e. The highest BCUT2D eigenvalue weighted by Crippen LogP contribution is 2.20. The third kappa shape index (κ3) is 3.12. The van der Waals surface area contributed by atoms with E-state index in [4.69, 9.17) is 0 Å². The van der Waals surface area contributed by atoms with Gasteiger partial charge in [-0.05, 0) is 19.4 Å². The molecule has 1 aromatic heterocycles. The first-order valence-corrected chi connectivity index (χ1v) is 6.43. The van der Waals surface area contributed by atoms with E-state index >= 15 is 0 Å². The van der Waals surface area contributed by atoms with E-state index in [1.54, 1.807) is 10.7 Å². The SMILES string of the molecule is CCC(C)n1ccc(CNc2c(F)cc(F)cc2F)n1. The lowest BCUT2D eigenvalue weighted by atomic mass is 10.2. The zero-order valence-electron chi connectivity index (χ0n) is 11.3. The maximum atomic E-state index is 13.4. The molecule has 3 nitrogen and oxygen atoms in total. The van der Waals surface area contributed by atoms with Crippen molar-refractivity contribution in [2.24, 2.45) is 0 Å². The maximum absolute atomic E-state index is 13.4. The molecule has 0 fully saturated rings. The number of hydrogen-bond donors (Lipinski definition) is 1. The Labute approximate surface area is 115 Å². The first-order valence-electron chi connectivity index (χ1n) is 6.43. The number of benzene rings is 1. The second kappa shape index (κ2) is 5.98. The molecule has 1 N–H and O–H groups in total. The molecule has 20 heavy (non-hydrogen) atoms. The van der Waals surface area contributed by atoms with Crippen LogP contribution in [0.25, 0.3) is 0 Å². The van der Waals surface area contributed by atoms with E-state index in [1.165, 1.54) is 0 Å². The Bertz CT molecular complexity index is 572. The number of aromatic nitrogens is 2. The van der Waals surface area contributed by atoms with Crippen molar-refractivity contribution in [3.8, 4) is 0 Å². The van der Waals surface area contributed by atoms with E-state index in [2.05, 4.69) is 10.4 Å². The minimum absolute atomic E-state index is 0.170. The van der Waals surface area contributed by atoms with E-state index in [0.29, 0.717) is 17.8 Å². The molecule has 0 amide bonds. The average Bonchev–Trinajstić information content (AvgIpc) is 2.85. The molecule has 0 saturated heterocycles. The van der Waals surface area contributed by atoms with Crippen molar-refractivity contribution in [3.05, 3.63) is 47.5 Å². The standard InChI is InChI=1S/C14H16F3N3/c1-3-9(2)20-5-4-11(19-20)8-18-14-12(16)6-10(15)7-13(14)17/h4-7,9,18H,3,8H2,1-2H3. The van der Waals surface area contributed by atoms with E-state index in [9.17, 15) is 13.2 Å². The first-order chi connectivity index (χ1) is 9.51. The van der Waals surface area contributed by atoms with Crippen LogP contribution in [0.3, 0.4) is 0 Å². The molecule has 0 saturated carbocycles. The number of halogens is 3. The van der Waals surface area contributed by atoms with Crippen molar-refractivity contribution >= 4 is 5.69 Å². The van der Waals surface area contributed by atoms with Crippen molar-refractivity contribution in [2.45, 2.75) is 32.9 Å². The molecule has 1 atom stereocenters. The van der Waals surface area contributed by atoms with Gasteiger partial charge in [-0.1, -0.05) is 6.92 Å². The Hall–Kier alpha value is -1.98. The fourth-order valence-electron chi connectivity index (χ4n) is 1.79. The normalized spacial score (nSPS) is 12.4. The Balaban J connectivity index is 2.07. The van der Waals surface area contributed by atoms with Crippen LogP contribution < -0.4 is 5.32 Å². The van der Waals surface area contributed by atoms with Gasteiger partial charge in [0, 0.05) is 24.4 Å². The van der Waals surface area contributed by atoms with Crippen LogP contribution in [0.2, 0.25) is 0 Å². The molecule has 0 aliphatic rings. The third-order valence-corrected chi connectivity index (χ3v) is 3.16. The summed E-state index contributed by atoms with van der Waals surface area (Å²) in [7, 11) is 0. The summed E-state index contributed by atoms with van der Waals surface area (Å²) in [6.07, 6.45) is 2.76. The van der Waals surface area contributed by atoms with Crippen LogP contribution in [0.15, 0.2) is 24.4 Å². The van der Waals surface area contributed by atoms with Crippen LogP contribution >= 0.6 is 0 Å². The van der Waals surface area contributed by atoms with E-state index in [1.807, 2.05) is 20.0 Å². The molecular weight excluding hydrogens is 267 g/mol. The Kier molecular flexibility index (Phi) is 4.32. The van der Waals surface area contributed by atoms with Crippen molar-refractivity contribution in [1.82, 2.24) is 9.78 Å². The lowest BCUT2D eigenvalue weighted by molar-refractivity contribution is 0.474. The summed E-state index contributed by atoms with van der Waals surface area (Å²) in [5.41, 5.74) is 0.318. The molecule has 0 spiro atoms. The van der Waals surface area contributed by atoms with E-state index < -0.39 is 17.5 Å². The smallest absolute Gasteiger partial charge is 0.152 e. The number of nitrogens with one attached hydrogen (secondary N) is 1. The summed E-state index contributed by atoms with van der Waals surface area (Å²) in [5, 5.41) is 6.91. The molecule has 2 aromatic rings. The van der Waals surface area contributed by atoms with Gasteiger partial charge in [-0.2, -0.15) is 5.10 Å². The summed E-state index contributed by atoms with van der Waals surface area (Å²) in [5.74, 6) is -2.85. The number of rotatable bonds is 5. The zero-order chi connectivity index (χ0) is 14.7. The fraction of sp³-hybridized carbons (Fsp3) is 0.357. The van der Waals surface area contributed by atoms with Crippen molar-refractivity contribution in [3.63, 3.8) is 0 Å². The molecule has 0 aliphatic heterocycles. The van der Waals surface area contributed by atoms with Crippen LogP contribution in [0.1, 0.15) is 32.0 Å². The van der Waals surface area contributed by atoms with Gasteiger partial charge in [0.15, 0.2) is 11.6 Å². The topological polar surface area (TPSA) is 29.9 Å². The van der Waals surface area contributed by atoms with Crippen molar-refractivity contribution in [1.29, 1.82) is 0 Å². The Morgan fingerprint density at radius 1 is 1.25 bits per heavy atom. The van der Waals surface area contributed by atoms with Gasteiger partial charge in [-0.25, -0.2) is 13.2 Å². The molecule has 1 aromatic carbocycles. The Morgan fingerprint density at radius 3 is 2.50 bits per heavy atom. The predicted molar refractivity (Wildman–Crippen MR) is 70.9 cm³/mol. The zero-order valence-corrected chi connectivity index (χ0v) is 11.3. The Morgan fingerprint density at radius 2 is 1.90 bits per heavy atom. The van der Waals surface area contributed by atoms with Gasteiger partial charge in [-0.15, -0.1) is 0 Å². The van der Waals surface area contributed by atoms with Crippen LogP contribution in [0.4, 0.5) is 18.9 Å². The number of nitrogens with zero attached hydrogens (tertiary/aromatic N) is 2. The van der Waals surface area contributed by atoms with E-state index in [0.717, 1.165) is 6.42 Å². The van der Waals surface area contributed by atoms with Crippen LogP contribution in [0, 0.1) is 17.5 Å². The highest BCUT2D eigenvalue weighted by molar-refractivity contribution is 5.46. The van der Waals surface area contributed by atoms with Gasteiger partial charge in [0.25, 0.3) is 0 Å². The minimum atomic E-state index is -0.955. The average molecular weight is 283 g/mol. The van der Waals surface area contributed by atoms with Gasteiger partial charge in [0.1, 0.15) is 11.5 Å². The van der Waals surface area contributed by atoms with Crippen LogP contribution in [-0.2, 0) is 6.54 Å². The third-order valence-electron chi connectivity index (χ3n) is 3.16. The van der Waals surface area contributed by atoms with Gasteiger partial charge in [0.05, 0.1) is 12.2 Å². The quantitative estimate of drug-likeness (QED) is 0.902. The van der Waals surface area contributed by atoms with Crippen molar-refractivity contribution < 1.29 is 13.2 Å². The molecule has 0 bridgehead atoms. The fourth-order valence-corrected chi connectivity index (χ4v) is 1.79. The molecule has 1 unspecified atom stereocenters. The highest BCUT2D eigenvalue weighted by atomic mass is 19.1. The summed E-state index contributed by atoms with van der Waals surface area (Å²) >= 11 is 0. The lowest BCUT2D eigenvalue weighted by Gasteiger charge is -2.09. The predicted octanol–water partition coefficient (Wildman–Crippen LogP) is 3.88. The monoisotopic (exact) mass is 283 g/mol. The van der Waals surface area contributed by atoms with Crippen LogP contribution in [0.5, 0.6) is 0 Å². The molecule has 6 heteroatoms. The van der Waals surface area contributed by atoms with Gasteiger partial charge < -0.3 is 5.32 Å². The van der Waals surface area contributed by atoms with E-state index in [-0.39, 0.29) is 18.3 Å². The summed E-state index contributed by atoms with van der Waals surface area (Å²) in [4.78, 5) is 0. The second-order valence-corrected chi connectivity index (χ2v) is 4.64. The molecule has 1 heterocycles. The highest BCUT2D eigenvalue weighted by Gasteiger charge is 2.12.